The maximum atomic E-state index is 5.96. The molecule has 0 aliphatic rings. The molecule has 0 saturated carbocycles. The van der Waals surface area contributed by atoms with Crippen molar-refractivity contribution in [3.63, 3.8) is 0 Å². The Morgan fingerprint density at radius 1 is 1.25 bits per heavy atom. The molecule has 65 valence electrons. The number of hydrogen-bond donors (Lipinski definition) is 0. The Labute approximate surface area is 79.6 Å². The third-order valence-electron chi connectivity index (χ3n) is 1.94. The molecule has 0 heterocycles. The Morgan fingerprint density at radius 3 is 2.42 bits per heavy atom. The Bertz CT molecular complexity index is 264. The van der Waals surface area contributed by atoms with Gasteiger partial charge in [-0.2, -0.15) is 0 Å². The molecular weight excluding hydrogens is 168 g/mol. The topological polar surface area (TPSA) is 0 Å². The molecule has 1 heteroatoms. The van der Waals surface area contributed by atoms with Crippen molar-refractivity contribution in [2.45, 2.75) is 27.2 Å². The van der Waals surface area contributed by atoms with Gasteiger partial charge in [-0.15, -0.1) is 0 Å². The van der Waals surface area contributed by atoms with Gasteiger partial charge in [0.25, 0.3) is 0 Å². The molecule has 0 spiro atoms. The van der Waals surface area contributed by atoms with Gasteiger partial charge in [0.15, 0.2) is 0 Å². The number of halogens is 1. The number of hydrogen-bond acceptors (Lipinski definition) is 0. The van der Waals surface area contributed by atoms with Crippen LogP contribution in [0.25, 0.3) is 0 Å². The predicted molar refractivity (Wildman–Crippen MR) is 54.5 cm³/mol. The van der Waals surface area contributed by atoms with Gasteiger partial charge in [0.2, 0.25) is 0 Å². The first-order valence-electron chi connectivity index (χ1n) is 4.23. The zero-order valence-corrected chi connectivity index (χ0v) is 8.57. The second-order valence-corrected chi connectivity index (χ2v) is 3.64. The zero-order valence-electron chi connectivity index (χ0n) is 7.82. The van der Waals surface area contributed by atoms with Gasteiger partial charge in [0.05, 0.1) is 0 Å². The van der Waals surface area contributed by atoms with E-state index in [2.05, 4.69) is 26.8 Å². The van der Waals surface area contributed by atoms with E-state index in [1.165, 1.54) is 17.0 Å². The largest absolute Gasteiger partial charge is 0.0843 e. The van der Waals surface area contributed by atoms with Crippen molar-refractivity contribution < 1.29 is 0 Å². The van der Waals surface area contributed by atoms with Crippen molar-refractivity contribution in [3.8, 4) is 0 Å². The van der Waals surface area contributed by atoms with Crippen molar-refractivity contribution >= 4 is 11.6 Å². The van der Waals surface area contributed by atoms with E-state index >= 15 is 0 Å². The first-order chi connectivity index (χ1) is 5.63. The fourth-order valence-corrected chi connectivity index (χ4v) is 1.40. The van der Waals surface area contributed by atoms with E-state index < -0.39 is 0 Å². The van der Waals surface area contributed by atoms with E-state index in [1.54, 1.807) is 0 Å². The summed E-state index contributed by atoms with van der Waals surface area (Å²) in [5.74, 6) is 1.31. The summed E-state index contributed by atoms with van der Waals surface area (Å²) in [7, 11) is 0. The standard InChI is InChI=1S/C11H14Cl/c1-4-9-5-10(8(2)3)7-11(12)6-9/h5-7H,4H2,1-3H3. The molecule has 0 atom stereocenters. The monoisotopic (exact) mass is 181 g/mol. The minimum Gasteiger partial charge on any atom is -0.0843 e. The number of aryl methyl sites for hydroxylation is 1. The molecule has 0 N–H and O–H groups in total. The summed E-state index contributed by atoms with van der Waals surface area (Å²) < 4.78 is 0. The summed E-state index contributed by atoms with van der Waals surface area (Å²) in [5.41, 5.74) is 2.55. The van der Waals surface area contributed by atoms with Crippen molar-refractivity contribution in [2.24, 2.45) is 0 Å². The average Bonchev–Trinajstić information content (AvgIpc) is 2.03. The summed E-state index contributed by atoms with van der Waals surface area (Å²) in [6.45, 7) is 6.34. The van der Waals surface area contributed by atoms with Gasteiger partial charge >= 0.3 is 0 Å². The Kier molecular flexibility index (Phi) is 3.16. The van der Waals surface area contributed by atoms with E-state index in [4.69, 9.17) is 11.6 Å². The SMILES string of the molecule is CCc1cc(Cl)cc([C](C)C)c1. The van der Waals surface area contributed by atoms with Crippen LogP contribution in [0.4, 0.5) is 0 Å². The molecule has 0 saturated heterocycles. The lowest BCUT2D eigenvalue weighted by atomic mass is 10.00. The Balaban J connectivity index is 3.06. The quantitative estimate of drug-likeness (QED) is 0.650. The van der Waals surface area contributed by atoms with Gasteiger partial charge in [0.1, 0.15) is 0 Å². The fourth-order valence-electron chi connectivity index (χ4n) is 1.14. The summed E-state index contributed by atoms with van der Waals surface area (Å²) >= 11 is 5.96. The van der Waals surface area contributed by atoms with Gasteiger partial charge in [0, 0.05) is 5.02 Å². The number of benzene rings is 1. The first kappa shape index (κ1) is 9.60. The molecule has 1 rings (SSSR count). The van der Waals surface area contributed by atoms with Crippen molar-refractivity contribution in [1.82, 2.24) is 0 Å². The van der Waals surface area contributed by atoms with Gasteiger partial charge in [-0.25, -0.2) is 0 Å². The molecule has 12 heavy (non-hydrogen) atoms. The van der Waals surface area contributed by atoms with Crippen LogP contribution in [-0.4, -0.2) is 0 Å². The molecule has 1 radical (unpaired) electrons. The molecule has 0 fully saturated rings. The summed E-state index contributed by atoms with van der Waals surface area (Å²) in [6.07, 6.45) is 1.04. The van der Waals surface area contributed by atoms with Crippen LogP contribution >= 0.6 is 11.6 Å². The minimum absolute atomic E-state index is 0.838. The van der Waals surface area contributed by atoms with E-state index in [1.807, 2.05) is 12.1 Å². The van der Waals surface area contributed by atoms with Crippen molar-refractivity contribution in [2.75, 3.05) is 0 Å². The molecule has 0 nitrogen and oxygen atoms in total. The second-order valence-electron chi connectivity index (χ2n) is 3.20. The summed E-state index contributed by atoms with van der Waals surface area (Å²) in [6, 6.07) is 6.23. The van der Waals surface area contributed by atoms with Crippen LogP contribution in [0, 0.1) is 5.92 Å². The van der Waals surface area contributed by atoms with Crippen LogP contribution in [0.15, 0.2) is 18.2 Å². The molecule has 0 amide bonds. The lowest BCUT2D eigenvalue weighted by Crippen LogP contribution is -1.90. The van der Waals surface area contributed by atoms with E-state index in [-0.39, 0.29) is 0 Å². The van der Waals surface area contributed by atoms with Crippen LogP contribution in [0.3, 0.4) is 0 Å². The van der Waals surface area contributed by atoms with Crippen LogP contribution in [-0.2, 0) is 6.42 Å². The van der Waals surface area contributed by atoms with Crippen LogP contribution in [0.1, 0.15) is 31.9 Å². The Hall–Kier alpha value is -0.490. The molecule has 0 aliphatic carbocycles. The van der Waals surface area contributed by atoms with Crippen LogP contribution in [0.5, 0.6) is 0 Å². The van der Waals surface area contributed by atoms with E-state index in [9.17, 15) is 0 Å². The average molecular weight is 182 g/mol. The third kappa shape index (κ3) is 2.25. The Morgan fingerprint density at radius 2 is 1.92 bits per heavy atom. The predicted octanol–water partition coefficient (Wildman–Crippen LogP) is 3.86. The summed E-state index contributed by atoms with van der Waals surface area (Å²) in [4.78, 5) is 0. The van der Waals surface area contributed by atoms with Crippen molar-refractivity contribution in [1.29, 1.82) is 0 Å². The molecule has 1 aromatic carbocycles. The van der Waals surface area contributed by atoms with E-state index in [0.29, 0.717) is 0 Å². The highest BCUT2D eigenvalue weighted by atomic mass is 35.5. The van der Waals surface area contributed by atoms with Gasteiger partial charge < -0.3 is 0 Å². The molecular formula is C11H14Cl. The first-order valence-corrected chi connectivity index (χ1v) is 4.61. The van der Waals surface area contributed by atoms with Gasteiger partial charge in [-0.3, -0.25) is 0 Å². The third-order valence-corrected chi connectivity index (χ3v) is 2.16. The highest BCUT2D eigenvalue weighted by Crippen LogP contribution is 2.21. The maximum absolute atomic E-state index is 5.96. The maximum Gasteiger partial charge on any atom is 0.0411 e. The molecule has 0 unspecified atom stereocenters. The second kappa shape index (κ2) is 3.95. The minimum atomic E-state index is 0.838. The molecule has 0 aliphatic heterocycles. The molecule has 0 aromatic heterocycles. The fraction of sp³-hybridized carbons (Fsp3) is 0.364. The molecule has 0 bridgehead atoms. The van der Waals surface area contributed by atoms with Crippen LogP contribution in [0.2, 0.25) is 5.02 Å². The van der Waals surface area contributed by atoms with Gasteiger partial charge in [-0.1, -0.05) is 38.4 Å². The summed E-state index contributed by atoms with van der Waals surface area (Å²) in [5, 5.41) is 0.838. The number of rotatable bonds is 2. The smallest absolute Gasteiger partial charge is 0.0411 e. The van der Waals surface area contributed by atoms with E-state index in [0.717, 1.165) is 11.4 Å². The lowest BCUT2D eigenvalue weighted by Gasteiger charge is -2.07. The normalized spacial score (nSPS) is 10.8. The highest BCUT2D eigenvalue weighted by molar-refractivity contribution is 6.30. The highest BCUT2D eigenvalue weighted by Gasteiger charge is 2.02. The lowest BCUT2D eigenvalue weighted by molar-refractivity contribution is 1.10. The van der Waals surface area contributed by atoms with Gasteiger partial charge in [-0.05, 0) is 35.6 Å². The van der Waals surface area contributed by atoms with Crippen molar-refractivity contribution in [3.05, 3.63) is 40.3 Å². The zero-order chi connectivity index (χ0) is 9.14. The molecule has 1 aromatic rings. The van der Waals surface area contributed by atoms with Crippen LogP contribution < -0.4 is 0 Å².